The number of halogens is 1. The Labute approximate surface area is 104 Å². The molecule has 1 aliphatic carbocycles. The van der Waals surface area contributed by atoms with Gasteiger partial charge in [-0.05, 0) is 24.5 Å². The highest BCUT2D eigenvalue weighted by Gasteiger charge is 2.22. The molecule has 16 heavy (non-hydrogen) atoms. The van der Waals surface area contributed by atoms with Crippen LogP contribution in [0.1, 0.15) is 18.4 Å². The smallest absolute Gasteiger partial charge is 0.234 e. The summed E-state index contributed by atoms with van der Waals surface area (Å²) in [6.45, 7) is 1.09. The van der Waals surface area contributed by atoms with E-state index in [1.165, 1.54) is 5.56 Å². The van der Waals surface area contributed by atoms with Crippen LogP contribution in [0.25, 0.3) is 0 Å². The van der Waals surface area contributed by atoms with Crippen molar-refractivity contribution in [3.63, 3.8) is 0 Å². The van der Waals surface area contributed by atoms with Crippen molar-refractivity contribution in [3.05, 3.63) is 34.3 Å². The highest BCUT2D eigenvalue weighted by Crippen LogP contribution is 2.18. The zero-order chi connectivity index (χ0) is 11.4. The Morgan fingerprint density at radius 1 is 1.38 bits per heavy atom. The van der Waals surface area contributed by atoms with Gasteiger partial charge in [0.25, 0.3) is 0 Å². The van der Waals surface area contributed by atoms with Gasteiger partial charge in [-0.2, -0.15) is 0 Å². The lowest BCUT2D eigenvalue weighted by Gasteiger charge is -2.07. The molecule has 2 rings (SSSR count). The van der Waals surface area contributed by atoms with Gasteiger partial charge in [0.15, 0.2) is 0 Å². The molecule has 0 saturated heterocycles. The summed E-state index contributed by atoms with van der Waals surface area (Å²) in [6.07, 6.45) is 2.27. The molecule has 0 aliphatic heterocycles. The highest BCUT2D eigenvalue weighted by molar-refractivity contribution is 9.10. The Morgan fingerprint density at radius 3 is 2.81 bits per heavy atom. The topological polar surface area (TPSA) is 41.1 Å². The van der Waals surface area contributed by atoms with Crippen molar-refractivity contribution in [2.75, 3.05) is 6.54 Å². The van der Waals surface area contributed by atoms with E-state index >= 15 is 0 Å². The fraction of sp³-hybridized carbons (Fsp3) is 0.417. The molecule has 0 heterocycles. The summed E-state index contributed by atoms with van der Waals surface area (Å²) in [5, 5.41) is 6.07. The van der Waals surface area contributed by atoms with E-state index in [0.29, 0.717) is 19.1 Å². The Balaban J connectivity index is 1.70. The van der Waals surface area contributed by atoms with Gasteiger partial charge in [-0.1, -0.05) is 34.1 Å². The third-order valence-corrected chi connectivity index (χ3v) is 3.27. The van der Waals surface area contributed by atoms with E-state index in [2.05, 4.69) is 26.6 Å². The number of carbonyl (C=O) groups excluding carboxylic acids is 1. The van der Waals surface area contributed by atoms with Crippen LogP contribution in [-0.2, 0) is 11.3 Å². The fourth-order valence-electron chi connectivity index (χ4n) is 1.46. The van der Waals surface area contributed by atoms with Gasteiger partial charge in [0.1, 0.15) is 0 Å². The molecule has 0 spiro atoms. The van der Waals surface area contributed by atoms with Gasteiger partial charge >= 0.3 is 0 Å². The second-order valence-corrected chi connectivity index (χ2v) is 4.89. The third-order valence-electron chi connectivity index (χ3n) is 2.50. The summed E-state index contributed by atoms with van der Waals surface area (Å²) in [5.41, 5.74) is 1.17. The third kappa shape index (κ3) is 3.61. The van der Waals surface area contributed by atoms with Crippen LogP contribution in [0.15, 0.2) is 28.7 Å². The molecule has 4 heteroatoms. The molecule has 86 valence electrons. The van der Waals surface area contributed by atoms with Gasteiger partial charge in [-0.15, -0.1) is 0 Å². The molecular formula is C12H15BrN2O. The number of benzene rings is 1. The van der Waals surface area contributed by atoms with Gasteiger partial charge in [0, 0.05) is 17.1 Å². The molecule has 1 aliphatic rings. The first-order chi connectivity index (χ1) is 7.75. The van der Waals surface area contributed by atoms with Gasteiger partial charge in [-0.25, -0.2) is 0 Å². The largest absolute Gasteiger partial charge is 0.352 e. The van der Waals surface area contributed by atoms with Crippen LogP contribution in [0.3, 0.4) is 0 Å². The summed E-state index contributed by atoms with van der Waals surface area (Å²) >= 11 is 3.47. The number of hydrogen-bond acceptors (Lipinski definition) is 2. The van der Waals surface area contributed by atoms with Crippen molar-refractivity contribution < 1.29 is 4.79 Å². The van der Waals surface area contributed by atoms with Gasteiger partial charge in [-0.3, -0.25) is 4.79 Å². The number of nitrogens with one attached hydrogen (secondary N) is 2. The average molecular weight is 283 g/mol. The molecule has 1 aromatic carbocycles. The molecular weight excluding hydrogens is 268 g/mol. The normalized spacial score (nSPS) is 14.8. The summed E-state index contributed by atoms with van der Waals surface area (Å²) in [7, 11) is 0. The van der Waals surface area contributed by atoms with Crippen molar-refractivity contribution in [2.45, 2.75) is 25.4 Å². The van der Waals surface area contributed by atoms with Crippen LogP contribution < -0.4 is 10.6 Å². The van der Waals surface area contributed by atoms with E-state index in [-0.39, 0.29) is 5.91 Å². The summed E-state index contributed by atoms with van der Waals surface area (Å²) in [5.74, 6) is 0.0922. The maximum Gasteiger partial charge on any atom is 0.234 e. The van der Waals surface area contributed by atoms with E-state index in [0.717, 1.165) is 17.3 Å². The predicted octanol–water partition coefficient (Wildman–Crippen LogP) is 1.82. The second-order valence-electron chi connectivity index (χ2n) is 4.04. The number of amides is 1. The van der Waals surface area contributed by atoms with Crippen LogP contribution >= 0.6 is 15.9 Å². The van der Waals surface area contributed by atoms with Crippen molar-refractivity contribution in [1.82, 2.24) is 10.6 Å². The lowest BCUT2D eigenvalue weighted by Crippen LogP contribution is -2.34. The van der Waals surface area contributed by atoms with Crippen LogP contribution in [0, 0.1) is 0 Å². The quantitative estimate of drug-likeness (QED) is 0.865. The Kier molecular flexibility index (Phi) is 3.96. The molecule has 1 aromatic rings. The molecule has 2 N–H and O–H groups in total. The Bertz CT molecular complexity index is 377. The molecule has 0 bridgehead atoms. The highest BCUT2D eigenvalue weighted by atomic mass is 79.9. The summed E-state index contributed by atoms with van der Waals surface area (Å²) in [6, 6.07) is 8.45. The van der Waals surface area contributed by atoms with E-state index in [9.17, 15) is 4.79 Å². The molecule has 0 unspecified atom stereocenters. The van der Waals surface area contributed by atoms with Gasteiger partial charge in [0.05, 0.1) is 6.54 Å². The zero-order valence-corrected chi connectivity index (χ0v) is 10.6. The first kappa shape index (κ1) is 11.6. The molecule has 1 saturated carbocycles. The van der Waals surface area contributed by atoms with Gasteiger partial charge in [0.2, 0.25) is 5.91 Å². The zero-order valence-electron chi connectivity index (χ0n) is 9.00. The summed E-state index contributed by atoms with van der Waals surface area (Å²) in [4.78, 5) is 11.4. The first-order valence-electron chi connectivity index (χ1n) is 5.49. The number of hydrogen-bond donors (Lipinski definition) is 2. The predicted molar refractivity (Wildman–Crippen MR) is 67.0 cm³/mol. The van der Waals surface area contributed by atoms with Crippen LogP contribution in [0.5, 0.6) is 0 Å². The van der Waals surface area contributed by atoms with Crippen molar-refractivity contribution in [2.24, 2.45) is 0 Å². The SMILES string of the molecule is O=C(CNCc1ccccc1Br)NC1CC1. The maximum absolute atomic E-state index is 11.4. The number of carbonyl (C=O) groups is 1. The average Bonchev–Trinajstić information content (AvgIpc) is 3.05. The molecule has 0 aromatic heterocycles. The van der Waals surface area contributed by atoms with Crippen molar-refractivity contribution in [1.29, 1.82) is 0 Å². The standard InChI is InChI=1S/C12H15BrN2O/c13-11-4-2-1-3-9(11)7-14-8-12(16)15-10-5-6-10/h1-4,10,14H,5-8H2,(H,15,16). The van der Waals surface area contributed by atoms with E-state index in [4.69, 9.17) is 0 Å². The lowest BCUT2D eigenvalue weighted by atomic mass is 10.2. The molecule has 1 fully saturated rings. The second kappa shape index (κ2) is 5.46. The van der Waals surface area contributed by atoms with E-state index < -0.39 is 0 Å². The van der Waals surface area contributed by atoms with Crippen molar-refractivity contribution in [3.8, 4) is 0 Å². The Hall–Kier alpha value is -0.870. The van der Waals surface area contributed by atoms with Crippen LogP contribution in [-0.4, -0.2) is 18.5 Å². The minimum atomic E-state index is 0.0922. The number of rotatable bonds is 5. The lowest BCUT2D eigenvalue weighted by molar-refractivity contribution is -0.120. The van der Waals surface area contributed by atoms with Gasteiger partial charge < -0.3 is 10.6 Å². The molecule has 0 atom stereocenters. The van der Waals surface area contributed by atoms with Crippen LogP contribution in [0.2, 0.25) is 0 Å². The van der Waals surface area contributed by atoms with E-state index in [1.807, 2.05) is 24.3 Å². The minimum absolute atomic E-state index is 0.0922. The monoisotopic (exact) mass is 282 g/mol. The molecule has 0 radical (unpaired) electrons. The van der Waals surface area contributed by atoms with Crippen molar-refractivity contribution >= 4 is 21.8 Å². The summed E-state index contributed by atoms with van der Waals surface area (Å²) < 4.78 is 1.07. The maximum atomic E-state index is 11.4. The fourth-order valence-corrected chi connectivity index (χ4v) is 1.88. The first-order valence-corrected chi connectivity index (χ1v) is 6.28. The minimum Gasteiger partial charge on any atom is -0.352 e. The molecule has 1 amide bonds. The van der Waals surface area contributed by atoms with E-state index in [1.54, 1.807) is 0 Å². The Morgan fingerprint density at radius 2 is 2.12 bits per heavy atom. The van der Waals surface area contributed by atoms with Crippen LogP contribution in [0.4, 0.5) is 0 Å². The molecule has 3 nitrogen and oxygen atoms in total.